The van der Waals surface area contributed by atoms with Gasteiger partial charge in [-0.15, -0.1) is 12.4 Å². The molecule has 136 valence electrons. The van der Waals surface area contributed by atoms with Gasteiger partial charge < -0.3 is 5.32 Å². The molecule has 0 saturated carbocycles. The number of hydrogen-bond donors (Lipinski definition) is 2. The smallest absolute Gasteiger partial charge is 0.278 e. The van der Waals surface area contributed by atoms with Gasteiger partial charge in [-0.25, -0.2) is 13.1 Å². The van der Waals surface area contributed by atoms with Crippen LogP contribution in [0, 0.1) is 16.0 Å². The Labute approximate surface area is 151 Å². The van der Waals surface area contributed by atoms with Gasteiger partial charge in [-0.2, -0.15) is 0 Å². The molecule has 1 aliphatic heterocycles. The van der Waals surface area contributed by atoms with Crippen LogP contribution in [0.15, 0.2) is 35.4 Å². The van der Waals surface area contributed by atoms with Gasteiger partial charge in [0.25, 0.3) is 5.69 Å². The number of non-ortho nitro benzene ring substituents is 1. The quantitative estimate of drug-likeness (QED) is 0.578. The highest BCUT2D eigenvalue weighted by molar-refractivity contribution is 7.89. The van der Waals surface area contributed by atoms with Gasteiger partial charge in [-0.1, -0.05) is 0 Å². The number of hydrogen-bond acceptors (Lipinski definition) is 6. The number of pyridine rings is 1. The van der Waals surface area contributed by atoms with E-state index in [2.05, 4.69) is 15.0 Å². The van der Waals surface area contributed by atoms with Gasteiger partial charge >= 0.3 is 0 Å². The van der Waals surface area contributed by atoms with Crippen LogP contribution in [0.4, 0.5) is 5.69 Å². The fourth-order valence-corrected chi connectivity index (χ4v) is 4.15. The van der Waals surface area contributed by atoms with E-state index in [9.17, 15) is 18.5 Å². The lowest BCUT2D eigenvalue weighted by molar-refractivity contribution is -0.383. The maximum atomic E-state index is 12.6. The maximum Gasteiger partial charge on any atom is 0.278 e. The molecule has 1 atom stereocenters. The molecule has 2 heterocycles. The molecule has 8 nitrogen and oxygen atoms in total. The topological polar surface area (TPSA) is 114 Å². The van der Waals surface area contributed by atoms with Crippen LogP contribution >= 0.6 is 12.4 Å². The molecule has 0 radical (unpaired) electrons. The molecule has 25 heavy (non-hydrogen) atoms. The monoisotopic (exact) mass is 386 g/mol. The van der Waals surface area contributed by atoms with E-state index in [1.54, 1.807) is 6.07 Å². The van der Waals surface area contributed by atoms with Crippen LogP contribution < -0.4 is 10.0 Å². The summed E-state index contributed by atoms with van der Waals surface area (Å²) in [6.45, 7) is 2.21. The molecule has 2 N–H and O–H groups in total. The summed E-state index contributed by atoms with van der Waals surface area (Å²) in [7, 11) is -3.78. The lowest BCUT2D eigenvalue weighted by Crippen LogP contribution is -2.27. The second-order valence-electron chi connectivity index (χ2n) is 5.78. The van der Waals surface area contributed by atoms with Gasteiger partial charge in [-0.05, 0) is 50.0 Å². The first-order chi connectivity index (χ1) is 11.5. The first-order valence-corrected chi connectivity index (χ1v) is 9.20. The minimum Gasteiger partial charge on any atom is -0.316 e. The Morgan fingerprint density at radius 3 is 2.84 bits per heavy atom. The summed E-state index contributed by atoms with van der Waals surface area (Å²) in [6, 6.07) is 5.50. The Kier molecular flexibility index (Phi) is 6.28. The number of nitro groups is 1. The number of halogens is 1. The van der Waals surface area contributed by atoms with Gasteiger partial charge in [-0.3, -0.25) is 15.1 Å². The molecule has 0 bridgehead atoms. The number of nitrogens with zero attached hydrogens (tertiary/aromatic N) is 2. The largest absolute Gasteiger partial charge is 0.316 e. The molecule has 1 unspecified atom stereocenters. The second-order valence-corrected chi connectivity index (χ2v) is 7.52. The summed E-state index contributed by atoms with van der Waals surface area (Å²) >= 11 is 0. The molecule has 3 rings (SSSR count). The van der Waals surface area contributed by atoms with E-state index in [-0.39, 0.29) is 33.9 Å². The molecular weight excluding hydrogens is 368 g/mol. The Morgan fingerprint density at radius 2 is 2.16 bits per heavy atom. The van der Waals surface area contributed by atoms with E-state index in [4.69, 9.17) is 0 Å². The molecule has 10 heteroatoms. The van der Waals surface area contributed by atoms with Crippen LogP contribution in [0.25, 0.3) is 10.9 Å². The van der Waals surface area contributed by atoms with Crippen molar-refractivity contribution in [3.8, 4) is 0 Å². The summed E-state index contributed by atoms with van der Waals surface area (Å²) in [5.74, 6) is 0.472. The SMILES string of the molecule is Cl.O=[N+]([O-])c1ccc(S(=O)(=O)NCCC2CCNC2)c2ncccc12. The van der Waals surface area contributed by atoms with Crippen LogP contribution in [0.1, 0.15) is 12.8 Å². The molecule has 0 amide bonds. The zero-order valence-electron chi connectivity index (χ0n) is 13.3. The third kappa shape index (κ3) is 4.24. The number of rotatable bonds is 6. The molecule has 1 aromatic heterocycles. The molecule has 1 saturated heterocycles. The fraction of sp³-hybridized carbons (Fsp3) is 0.400. The molecule has 0 aliphatic carbocycles. The highest BCUT2D eigenvalue weighted by Gasteiger charge is 2.23. The van der Waals surface area contributed by atoms with Gasteiger partial charge in [0.2, 0.25) is 10.0 Å². The van der Waals surface area contributed by atoms with E-state index in [1.165, 1.54) is 24.4 Å². The van der Waals surface area contributed by atoms with Crippen molar-refractivity contribution in [1.29, 1.82) is 0 Å². The third-order valence-electron chi connectivity index (χ3n) is 4.20. The molecule has 2 aromatic rings. The van der Waals surface area contributed by atoms with Crippen LogP contribution in [0.3, 0.4) is 0 Å². The Hall–Kier alpha value is -1.81. The number of benzene rings is 1. The van der Waals surface area contributed by atoms with Crippen LogP contribution in [-0.2, 0) is 10.0 Å². The summed E-state index contributed by atoms with van der Waals surface area (Å²) in [6.07, 6.45) is 3.23. The van der Waals surface area contributed by atoms with Crippen molar-refractivity contribution in [3.63, 3.8) is 0 Å². The first kappa shape index (κ1) is 19.5. The zero-order valence-corrected chi connectivity index (χ0v) is 15.0. The summed E-state index contributed by atoms with van der Waals surface area (Å²) < 4.78 is 27.7. The van der Waals surface area contributed by atoms with E-state index in [0.29, 0.717) is 12.5 Å². The number of nitrogens with one attached hydrogen (secondary N) is 2. The highest BCUT2D eigenvalue weighted by atomic mass is 35.5. The molecule has 0 spiro atoms. The van der Waals surface area contributed by atoms with Gasteiger partial charge in [0.1, 0.15) is 4.90 Å². The maximum absolute atomic E-state index is 12.6. The number of aromatic nitrogens is 1. The molecule has 1 fully saturated rings. The zero-order chi connectivity index (χ0) is 17.2. The number of fused-ring (bicyclic) bond motifs is 1. The average Bonchev–Trinajstić information content (AvgIpc) is 3.06. The number of sulfonamides is 1. The lowest BCUT2D eigenvalue weighted by atomic mass is 10.1. The first-order valence-electron chi connectivity index (χ1n) is 7.71. The van der Waals surface area contributed by atoms with Crippen molar-refractivity contribution in [3.05, 3.63) is 40.6 Å². The molecule has 1 aromatic carbocycles. The summed E-state index contributed by atoms with van der Waals surface area (Å²) in [5, 5.41) is 14.6. The summed E-state index contributed by atoms with van der Waals surface area (Å²) in [4.78, 5) is 14.6. The molecular formula is C15H19ClN4O4S. The minimum absolute atomic E-state index is 0. The van der Waals surface area contributed by atoms with E-state index in [1.807, 2.05) is 0 Å². The Morgan fingerprint density at radius 1 is 1.36 bits per heavy atom. The normalized spacial score (nSPS) is 17.4. The lowest BCUT2D eigenvalue weighted by Gasteiger charge is -2.11. The van der Waals surface area contributed by atoms with Crippen molar-refractivity contribution < 1.29 is 13.3 Å². The summed E-state index contributed by atoms with van der Waals surface area (Å²) in [5.41, 5.74) is -0.0455. The van der Waals surface area contributed by atoms with Crippen LogP contribution in [0.5, 0.6) is 0 Å². The van der Waals surface area contributed by atoms with E-state index >= 15 is 0 Å². The van der Waals surface area contributed by atoms with E-state index in [0.717, 1.165) is 25.9 Å². The van der Waals surface area contributed by atoms with Crippen molar-refractivity contribution in [2.75, 3.05) is 19.6 Å². The molecule has 1 aliphatic rings. The van der Waals surface area contributed by atoms with Crippen molar-refractivity contribution >= 4 is 39.0 Å². The van der Waals surface area contributed by atoms with Crippen LogP contribution in [-0.4, -0.2) is 38.0 Å². The Balaban J connectivity index is 0.00000225. The average molecular weight is 387 g/mol. The second kappa shape index (κ2) is 8.05. The van der Waals surface area contributed by atoms with Gasteiger partial charge in [0, 0.05) is 18.8 Å². The van der Waals surface area contributed by atoms with Crippen molar-refractivity contribution in [1.82, 2.24) is 15.0 Å². The minimum atomic E-state index is -3.78. The van der Waals surface area contributed by atoms with Crippen molar-refractivity contribution in [2.45, 2.75) is 17.7 Å². The van der Waals surface area contributed by atoms with E-state index < -0.39 is 14.9 Å². The third-order valence-corrected chi connectivity index (χ3v) is 5.70. The predicted octanol–water partition coefficient (Wildman–Crippen LogP) is 1.84. The fourth-order valence-electron chi connectivity index (χ4n) is 2.94. The van der Waals surface area contributed by atoms with Gasteiger partial charge in [0.05, 0.1) is 15.8 Å². The standard InChI is InChI=1S/C15H18N4O4S.ClH/c20-19(21)13-3-4-14(15-12(13)2-1-7-17-15)24(22,23)18-9-6-11-5-8-16-10-11;/h1-4,7,11,16,18H,5-6,8-10H2;1H. The predicted molar refractivity (Wildman–Crippen MR) is 96.4 cm³/mol. The Bertz CT molecular complexity index is 869. The van der Waals surface area contributed by atoms with Crippen LogP contribution in [0.2, 0.25) is 0 Å². The van der Waals surface area contributed by atoms with Crippen molar-refractivity contribution in [2.24, 2.45) is 5.92 Å². The highest BCUT2D eigenvalue weighted by Crippen LogP contribution is 2.29. The number of nitro benzene ring substituents is 1. The van der Waals surface area contributed by atoms with Gasteiger partial charge in [0.15, 0.2) is 0 Å².